The molecule has 2 heterocycles. The van der Waals surface area contributed by atoms with Gasteiger partial charge in [-0.3, -0.25) is 4.90 Å². The summed E-state index contributed by atoms with van der Waals surface area (Å²) in [4.78, 5) is 2.35. The summed E-state index contributed by atoms with van der Waals surface area (Å²) in [6.45, 7) is 4.75. The van der Waals surface area contributed by atoms with Gasteiger partial charge < -0.3 is 20.5 Å². The number of nitrogens with one attached hydrogen (secondary N) is 2. The third-order valence-electron chi connectivity index (χ3n) is 4.32. The highest BCUT2D eigenvalue weighted by Crippen LogP contribution is 2.32. The zero-order valence-electron chi connectivity index (χ0n) is 13.3. The predicted octanol–water partition coefficient (Wildman–Crippen LogP) is 0.348. The van der Waals surface area contributed by atoms with Crippen LogP contribution in [0.25, 0.3) is 0 Å². The van der Waals surface area contributed by atoms with E-state index in [-0.39, 0.29) is 6.10 Å². The Labute approximate surface area is 132 Å². The summed E-state index contributed by atoms with van der Waals surface area (Å²) in [5, 5.41) is 16.7. The molecule has 0 saturated carbocycles. The number of hydrogen-bond donors (Lipinski definition) is 3. The van der Waals surface area contributed by atoms with Gasteiger partial charge in [0.1, 0.15) is 31.6 Å². The molecule has 0 radical (unpaired) electrons. The van der Waals surface area contributed by atoms with Crippen molar-refractivity contribution in [2.24, 2.45) is 0 Å². The van der Waals surface area contributed by atoms with E-state index in [4.69, 9.17) is 4.74 Å². The fourth-order valence-corrected chi connectivity index (χ4v) is 3.00. The lowest BCUT2D eigenvalue weighted by molar-refractivity contribution is 0.0138. The maximum Gasteiger partial charge on any atom is 0.126 e. The van der Waals surface area contributed by atoms with Gasteiger partial charge in [0.25, 0.3) is 0 Å². The summed E-state index contributed by atoms with van der Waals surface area (Å²) in [7, 11) is 2.12. The maximum atomic E-state index is 10.2. The van der Waals surface area contributed by atoms with E-state index >= 15 is 0 Å². The predicted molar refractivity (Wildman–Crippen MR) is 90.0 cm³/mol. The van der Waals surface area contributed by atoms with Crippen molar-refractivity contribution in [3.05, 3.63) is 35.7 Å². The molecule has 0 aliphatic carbocycles. The van der Waals surface area contributed by atoms with Gasteiger partial charge in [0.2, 0.25) is 0 Å². The SMILES string of the molecule is BCCc1ccc(OC2CN(CC3NC=CN3)C2)c(C)c1O. The van der Waals surface area contributed by atoms with Crippen molar-refractivity contribution in [2.75, 3.05) is 19.6 Å². The van der Waals surface area contributed by atoms with E-state index in [2.05, 4.69) is 23.4 Å². The molecule has 1 aromatic rings. The van der Waals surface area contributed by atoms with Crippen molar-refractivity contribution in [3.63, 3.8) is 0 Å². The van der Waals surface area contributed by atoms with Crippen LogP contribution in [0.5, 0.6) is 11.5 Å². The van der Waals surface area contributed by atoms with Crippen LogP contribution in [0, 0.1) is 6.92 Å². The summed E-state index contributed by atoms with van der Waals surface area (Å²) in [5.41, 5.74) is 1.86. The molecule has 5 nitrogen and oxygen atoms in total. The van der Waals surface area contributed by atoms with E-state index in [1.165, 1.54) is 0 Å². The van der Waals surface area contributed by atoms with Gasteiger partial charge in [0, 0.05) is 37.6 Å². The molecular weight excluding hydrogens is 277 g/mol. The highest BCUT2D eigenvalue weighted by atomic mass is 16.5. The quantitative estimate of drug-likeness (QED) is 0.662. The Morgan fingerprint density at radius 2 is 2.05 bits per heavy atom. The molecular formula is C16H24BN3O2. The number of likely N-dealkylation sites (tertiary alicyclic amines) is 1. The van der Waals surface area contributed by atoms with Crippen molar-refractivity contribution < 1.29 is 9.84 Å². The number of benzene rings is 1. The number of phenolic OH excluding ortho intramolecular Hbond substituents is 1. The number of aromatic hydroxyl groups is 1. The smallest absolute Gasteiger partial charge is 0.126 e. The molecule has 3 rings (SSSR count). The van der Waals surface area contributed by atoms with Crippen LogP contribution in [0.3, 0.4) is 0 Å². The number of aryl methyl sites for hydroxylation is 1. The van der Waals surface area contributed by atoms with Crippen LogP contribution < -0.4 is 15.4 Å². The fourth-order valence-electron chi connectivity index (χ4n) is 3.00. The molecule has 0 spiro atoms. The number of phenols is 1. The first-order valence-electron chi connectivity index (χ1n) is 8.05. The Morgan fingerprint density at radius 3 is 2.73 bits per heavy atom. The molecule has 1 fully saturated rings. The molecule has 0 aromatic heterocycles. The van der Waals surface area contributed by atoms with E-state index in [9.17, 15) is 5.11 Å². The minimum Gasteiger partial charge on any atom is -0.507 e. The minimum absolute atomic E-state index is 0.212. The number of nitrogens with zero attached hydrogens (tertiary/aromatic N) is 1. The molecule has 2 aliphatic heterocycles. The molecule has 2 aliphatic rings. The standard InChI is InChI=1S/C16H24BN3O2/c1-11-14(3-2-12(4-5-17)16(11)21)22-13-8-20(9-13)10-15-18-6-7-19-15/h2-3,6-7,13,15,18-19,21H,4-5,8-10,17H2,1H3. The normalized spacial score (nSPS) is 18.8. The molecule has 3 N–H and O–H groups in total. The van der Waals surface area contributed by atoms with Crippen molar-refractivity contribution >= 4 is 7.85 Å². The van der Waals surface area contributed by atoms with Gasteiger partial charge in [0.05, 0.1) is 0 Å². The number of hydrogen-bond acceptors (Lipinski definition) is 5. The van der Waals surface area contributed by atoms with Gasteiger partial charge in [-0.2, -0.15) is 0 Å². The third kappa shape index (κ3) is 3.17. The Morgan fingerprint density at radius 1 is 1.32 bits per heavy atom. The first-order valence-corrected chi connectivity index (χ1v) is 8.05. The van der Waals surface area contributed by atoms with Crippen LogP contribution in [-0.4, -0.2) is 49.8 Å². The van der Waals surface area contributed by atoms with Gasteiger partial charge in [-0.25, -0.2) is 0 Å². The van der Waals surface area contributed by atoms with Gasteiger partial charge in [-0.15, -0.1) is 0 Å². The van der Waals surface area contributed by atoms with E-state index in [0.717, 1.165) is 49.3 Å². The first-order chi connectivity index (χ1) is 10.7. The molecule has 0 atom stereocenters. The Hall–Kier alpha value is -1.82. The summed E-state index contributed by atoms with van der Waals surface area (Å²) >= 11 is 0. The van der Waals surface area contributed by atoms with Gasteiger partial charge in [-0.05, 0) is 25.0 Å². The van der Waals surface area contributed by atoms with Crippen LogP contribution in [0.1, 0.15) is 11.1 Å². The van der Waals surface area contributed by atoms with E-state index < -0.39 is 0 Å². The average Bonchev–Trinajstić information content (AvgIpc) is 2.97. The molecule has 118 valence electrons. The Bertz CT molecular complexity index is 551. The largest absolute Gasteiger partial charge is 0.507 e. The van der Waals surface area contributed by atoms with Gasteiger partial charge in [0.15, 0.2) is 0 Å². The molecule has 1 saturated heterocycles. The van der Waals surface area contributed by atoms with Crippen molar-refractivity contribution in [2.45, 2.75) is 31.9 Å². The highest BCUT2D eigenvalue weighted by Gasteiger charge is 2.30. The minimum atomic E-state index is 0.212. The second kappa shape index (κ2) is 6.52. The lowest BCUT2D eigenvalue weighted by Gasteiger charge is -2.40. The molecule has 22 heavy (non-hydrogen) atoms. The summed E-state index contributed by atoms with van der Waals surface area (Å²) in [6, 6.07) is 3.97. The topological polar surface area (TPSA) is 56.8 Å². The summed E-state index contributed by atoms with van der Waals surface area (Å²) in [5.74, 6) is 1.20. The zero-order valence-corrected chi connectivity index (χ0v) is 13.3. The van der Waals surface area contributed by atoms with Crippen LogP contribution in [0.4, 0.5) is 0 Å². The lowest BCUT2D eigenvalue weighted by Crippen LogP contribution is -2.58. The van der Waals surface area contributed by atoms with Crippen LogP contribution in [-0.2, 0) is 6.42 Å². The van der Waals surface area contributed by atoms with Crippen LogP contribution in [0.15, 0.2) is 24.5 Å². The van der Waals surface area contributed by atoms with E-state index in [1.807, 2.05) is 31.5 Å². The maximum absolute atomic E-state index is 10.2. The monoisotopic (exact) mass is 301 g/mol. The fraction of sp³-hybridized carbons (Fsp3) is 0.500. The lowest BCUT2D eigenvalue weighted by atomic mass is 9.95. The Balaban J connectivity index is 1.51. The van der Waals surface area contributed by atoms with E-state index in [0.29, 0.717) is 11.9 Å². The highest BCUT2D eigenvalue weighted by molar-refractivity contribution is 6.08. The molecule has 1 aromatic carbocycles. The zero-order chi connectivity index (χ0) is 15.5. The van der Waals surface area contributed by atoms with Crippen LogP contribution in [0.2, 0.25) is 6.32 Å². The van der Waals surface area contributed by atoms with E-state index in [1.54, 1.807) is 0 Å². The summed E-state index contributed by atoms with van der Waals surface area (Å²) in [6.07, 6.45) is 6.32. The van der Waals surface area contributed by atoms with Crippen molar-refractivity contribution in [1.82, 2.24) is 15.5 Å². The third-order valence-corrected chi connectivity index (χ3v) is 4.32. The second-order valence-electron chi connectivity index (χ2n) is 6.12. The number of ether oxygens (including phenoxy) is 1. The molecule has 0 amide bonds. The Kier molecular flexibility index (Phi) is 4.48. The first kappa shape index (κ1) is 15.1. The summed E-state index contributed by atoms with van der Waals surface area (Å²) < 4.78 is 6.03. The molecule has 0 bridgehead atoms. The van der Waals surface area contributed by atoms with Gasteiger partial charge >= 0.3 is 0 Å². The molecule has 0 unspecified atom stereocenters. The van der Waals surface area contributed by atoms with Crippen molar-refractivity contribution in [1.29, 1.82) is 0 Å². The van der Waals surface area contributed by atoms with Crippen LogP contribution >= 0.6 is 0 Å². The van der Waals surface area contributed by atoms with Gasteiger partial charge in [-0.1, -0.05) is 12.4 Å². The second-order valence-corrected chi connectivity index (χ2v) is 6.12. The average molecular weight is 301 g/mol. The number of rotatable bonds is 6. The van der Waals surface area contributed by atoms with Crippen molar-refractivity contribution in [3.8, 4) is 11.5 Å². The molecule has 6 heteroatoms.